The number of aliphatic hydroxyl groups is 1. The molecule has 1 atom stereocenters. The smallest absolute Gasteiger partial charge is 0.306 e. The van der Waals surface area contributed by atoms with Gasteiger partial charge in [-0.25, -0.2) is 0 Å². The molecule has 0 saturated carbocycles. The molecule has 0 amide bonds. The fourth-order valence-corrected chi connectivity index (χ4v) is 5.06. The van der Waals surface area contributed by atoms with E-state index in [2.05, 4.69) is 74.6 Å². The van der Waals surface area contributed by atoms with Gasteiger partial charge in [0, 0.05) is 12.8 Å². The van der Waals surface area contributed by atoms with Crippen LogP contribution in [0.5, 0.6) is 0 Å². The van der Waals surface area contributed by atoms with E-state index in [0.717, 1.165) is 70.6 Å². The molecule has 0 rings (SSSR count). The number of carbonyl (C=O) groups is 2. The Morgan fingerprint density at radius 2 is 0.851 bits per heavy atom. The zero-order valence-electron chi connectivity index (χ0n) is 30.5. The van der Waals surface area contributed by atoms with Crippen LogP contribution in [0, 0.1) is 0 Å². The van der Waals surface area contributed by atoms with Crippen LogP contribution in [-0.2, 0) is 19.1 Å². The Hall–Kier alpha value is -2.40. The van der Waals surface area contributed by atoms with Crippen molar-refractivity contribution < 1.29 is 24.2 Å². The van der Waals surface area contributed by atoms with Crippen molar-refractivity contribution in [1.82, 2.24) is 0 Å². The Kier molecular flexibility index (Phi) is 36.1. The third kappa shape index (κ3) is 36.3. The van der Waals surface area contributed by atoms with Crippen molar-refractivity contribution in [2.75, 3.05) is 13.2 Å². The number of allylic oxidation sites excluding steroid dienone is 10. The predicted molar refractivity (Wildman–Crippen MR) is 200 cm³/mol. The van der Waals surface area contributed by atoms with Crippen LogP contribution in [0.4, 0.5) is 0 Å². The number of carbonyl (C=O) groups excluding carboxylic acids is 2. The molecule has 0 heterocycles. The zero-order valence-corrected chi connectivity index (χ0v) is 30.5. The van der Waals surface area contributed by atoms with Gasteiger partial charge < -0.3 is 14.6 Å². The first-order chi connectivity index (χ1) is 23.1. The van der Waals surface area contributed by atoms with E-state index < -0.39 is 6.10 Å². The normalized spacial score (nSPS) is 12.8. The Labute approximate surface area is 290 Å². The zero-order chi connectivity index (χ0) is 34.3. The molecule has 0 unspecified atom stereocenters. The number of hydrogen-bond donors (Lipinski definition) is 1. The van der Waals surface area contributed by atoms with Crippen LogP contribution in [0.1, 0.15) is 174 Å². The van der Waals surface area contributed by atoms with Gasteiger partial charge in [-0.3, -0.25) is 9.59 Å². The van der Waals surface area contributed by atoms with Crippen molar-refractivity contribution >= 4 is 11.9 Å². The van der Waals surface area contributed by atoms with Gasteiger partial charge in [0.25, 0.3) is 0 Å². The van der Waals surface area contributed by atoms with Crippen LogP contribution in [0.2, 0.25) is 0 Å². The van der Waals surface area contributed by atoms with Crippen LogP contribution in [-0.4, -0.2) is 36.4 Å². The van der Waals surface area contributed by atoms with Crippen molar-refractivity contribution in [2.24, 2.45) is 0 Å². The highest BCUT2D eigenvalue weighted by Crippen LogP contribution is 2.11. The van der Waals surface area contributed by atoms with Gasteiger partial charge in [-0.05, 0) is 83.5 Å². The van der Waals surface area contributed by atoms with Gasteiger partial charge in [-0.2, -0.15) is 0 Å². The maximum Gasteiger partial charge on any atom is 0.306 e. The Balaban J connectivity index is 3.67. The molecule has 0 radical (unpaired) electrons. The fraction of sp³-hybridized carbons (Fsp3) is 0.714. The molecule has 0 aliphatic rings. The van der Waals surface area contributed by atoms with Gasteiger partial charge in [0.1, 0.15) is 6.61 Å². The van der Waals surface area contributed by atoms with E-state index in [0.29, 0.717) is 12.8 Å². The summed E-state index contributed by atoms with van der Waals surface area (Å²) < 4.78 is 10.6. The van der Waals surface area contributed by atoms with Crippen LogP contribution >= 0.6 is 0 Å². The summed E-state index contributed by atoms with van der Waals surface area (Å²) in [5, 5.41) is 9.54. The van der Waals surface area contributed by atoms with Crippen LogP contribution < -0.4 is 0 Å². The number of aliphatic hydroxyl groups excluding tert-OH is 1. The van der Waals surface area contributed by atoms with Crippen LogP contribution in [0.15, 0.2) is 60.8 Å². The fourth-order valence-electron chi connectivity index (χ4n) is 5.06. The lowest BCUT2D eigenvalue weighted by Gasteiger charge is -2.15. The maximum absolute atomic E-state index is 12.2. The molecule has 1 N–H and O–H groups in total. The summed E-state index contributed by atoms with van der Waals surface area (Å²) >= 11 is 0. The molecule has 0 aliphatic heterocycles. The first kappa shape index (κ1) is 44.6. The largest absolute Gasteiger partial charge is 0.462 e. The van der Waals surface area contributed by atoms with Gasteiger partial charge in [-0.15, -0.1) is 0 Å². The van der Waals surface area contributed by atoms with Gasteiger partial charge in [0.05, 0.1) is 6.61 Å². The van der Waals surface area contributed by atoms with E-state index in [1.165, 1.54) is 77.0 Å². The molecule has 0 aromatic rings. The van der Waals surface area contributed by atoms with Crippen molar-refractivity contribution in [3.8, 4) is 0 Å². The van der Waals surface area contributed by atoms with Crippen LogP contribution in [0.25, 0.3) is 0 Å². The van der Waals surface area contributed by atoms with E-state index >= 15 is 0 Å². The van der Waals surface area contributed by atoms with Crippen molar-refractivity contribution in [3.05, 3.63) is 60.8 Å². The van der Waals surface area contributed by atoms with Gasteiger partial charge in [0.15, 0.2) is 6.10 Å². The molecule has 5 heteroatoms. The minimum absolute atomic E-state index is 0.0852. The molecular weight excluding hydrogens is 584 g/mol. The number of hydrogen-bond acceptors (Lipinski definition) is 5. The second kappa shape index (κ2) is 38.1. The summed E-state index contributed by atoms with van der Waals surface area (Å²) in [7, 11) is 0. The number of esters is 2. The molecular formula is C42H72O5. The lowest BCUT2D eigenvalue weighted by atomic mass is 10.1. The maximum atomic E-state index is 12.2. The van der Waals surface area contributed by atoms with E-state index in [4.69, 9.17) is 9.47 Å². The van der Waals surface area contributed by atoms with Gasteiger partial charge in [-0.1, -0.05) is 139 Å². The molecule has 47 heavy (non-hydrogen) atoms. The number of ether oxygens (including phenoxy) is 2. The second-order valence-electron chi connectivity index (χ2n) is 12.6. The summed E-state index contributed by atoms with van der Waals surface area (Å²) in [5.74, 6) is -0.641. The van der Waals surface area contributed by atoms with Crippen molar-refractivity contribution in [2.45, 2.75) is 180 Å². The molecule has 0 bridgehead atoms. The average molecular weight is 657 g/mol. The topological polar surface area (TPSA) is 72.8 Å². The molecule has 0 fully saturated rings. The molecule has 0 spiro atoms. The summed E-state index contributed by atoms with van der Waals surface area (Å²) in [6, 6.07) is 0. The molecule has 270 valence electrons. The SMILES string of the molecule is CCCCC/C=C\C/C=C\C/C=C\C/C=C\CCCCCC(=O)O[C@@H](CO)COC(=O)CCCCCCC/C=C\CCCCCCC. The molecule has 5 nitrogen and oxygen atoms in total. The highest BCUT2D eigenvalue weighted by molar-refractivity contribution is 5.70. The Morgan fingerprint density at radius 1 is 0.489 bits per heavy atom. The minimum Gasteiger partial charge on any atom is -0.462 e. The van der Waals surface area contributed by atoms with Gasteiger partial charge >= 0.3 is 11.9 Å². The number of rotatable bonds is 34. The van der Waals surface area contributed by atoms with E-state index in [1.807, 2.05) is 0 Å². The lowest BCUT2D eigenvalue weighted by molar-refractivity contribution is -0.161. The monoisotopic (exact) mass is 657 g/mol. The van der Waals surface area contributed by atoms with Crippen molar-refractivity contribution in [3.63, 3.8) is 0 Å². The third-order valence-electron chi connectivity index (χ3n) is 8.03. The van der Waals surface area contributed by atoms with Crippen LogP contribution in [0.3, 0.4) is 0 Å². The van der Waals surface area contributed by atoms with E-state index in [-0.39, 0.29) is 25.2 Å². The van der Waals surface area contributed by atoms with Crippen molar-refractivity contribution in [1.29, 1.82) is 0 Å². The first-order valence-electron chi connectivity index (χ1n) is 19.3. The molecule has 0 aliphatic carbocycles. The summed E-state index contributed by atoms with van der Waals surface area (Å²) in [6.07, 6.45) is 48.4. The molecule has 0 aromatic heterocycles. The summed E-state index contributed by atoms with van der Waals surface area (Å²) in [4.78, 5) is 24.2. The second-order valence-corrected chi connectivity index (χ2v) is 12.6. The van der Waals surface area contributed by atoms with E-state index in [1.54, 1.807) is 0 Å². The predicted octanol–water partition coefficient (Wildman–Crippen LogP) is 12.0. The Bertz CT molecular complexity index is 838. The number of unbranched alkanes of at least 4 members (excludes halogenated alkanes) is 16. The van der Waals surface area contributed by atoms with Gasteiger partial charge in [0.2, 0.25) is 0 Å². The first-order valence-corrected chi connectivity index (χ1v) is 19.3. The summed E-state index contributed by atoms with van der Waals surface area (Å²) in [5.41, 5.74) is 0. The third-order valence-corrected chi connectivity index (χ3v) is 8.03. The Morgan fingerprint density at radius 3 is 1.36 bits per heavy atom. The standard InChI is InChI=1S/C42H72O5/c1-3-5-7-9-11-13-15-17-19-20-21-22-23-25-27-29-31-33-35-37-42(45)47-40(38-43)39-46-41(44)36-34-32-30-28-26-24-18-16-14-12-10-8-6-4-2/h11,13,16-19,21-22,25,27,40,43H,3-10,12,14-15,20,23-24,26,28-39H2,1-2H3/b13-11-,18-16-,19-17-,22-21-,27-25-/t40-/m0/s1. The highest BCUT2D eigenvalue weighted by atomic mass is 16.6. The molecule has 0 saturated heterocycles. The van der Waals surface area contributed by atoms with E-state index in [9.17, 15) is 14.7 Å². The summed E-state index contributed by atoms with van der Waals surface area (Å²) in [6.45, 7) is 4.05. The highest BCUT2D eigenvalue weighted by Gasteiger charge is 2.16. The average Bonchev–Trinajstić information content (AvgIpc) is 3.07. The lowest BCUT2D eigenvalue weighted by Crippen LogP contribution is -2.28. The minimum atomic E-state index is -0.792. The quantitative estimate of drug-likeness (QED) is 0.0424. The molecule has 0 aromatic carbocycles.